The number of hydrogen-bond donors (Lipinski definition) is 0. The maximum Gasteiger partial charge on any atom is -0.00215 e. The van der Waals surface area contributed by atoms with E-state index < -0.39 is 0 Å². The SMILES string of the molecule is CC(C)(C)CCCC[C@](C)(c1ccccc1)C1(C)CCCCC1. The van der Waals surface area contributed by atoms with E-state index in [0.29, 0.717) is 16.2 Å². The highest BCUT2D eigenvalue weighted by atomic mass is 14.5. The highest BCUT2D eigenvalue weighted by Crippen LogP contribution is 2.53. The lowest BCUT2D eigenvalue weighted by Crippen LogP contribution is -2.43. The molecule has 0 heteroatoms. The molecule has 2 rings (SSSR count). The van der Waals surface area contributed by atoms with Crippen LogP contribution in [0.4, 0.5) is 0 Å². The van der Waals surface area contributed by atoms with Crippen LogP contribution in [0.1, 0.15) is 98.0 Å². The van der Waals surface area contributed by atoms with Crippen LogP contribution < -0.4 is 0 Å². The molecule has 0 N–H and O–H groups in total. The van der Waals surface area contributed by atoms with E-state index >= 15 is 0 Å². The number of benzene rings is 1. The molecule has 0 bridgehead atoms. The van der Waals surface area contributed by atoms with Gasteiger partial charge in [-0.1, -0.05) is 97.1 Å². The fourth-order valence-corrected chi connectivity index (χ4v) is 4.62. The fraction of sp³-hybridized carbons (Fsp3) is 0.739. The number of hydrogen-bond acceptors (Lipinski definition) is 0. The largest absolute Gasteiger partial charge is 0.0622 e. The maximum atomic E-state index is 2.57. The van der Waals surface area contributed by atoms with Crippen molar-refractivity contribution in [3.05, 3.63) is 35.9 Å². The molecule has 23 heavy (non-hydrogen) atoms. The van der Waals surface area contributed by atoms with Gasteiger partial charge in [-0.2, -0.15) is 0 Å². The minimum atomic E-state index is 0.326. The van der Waals surface area contributed by atoms with Gasteiger partial charge in [-0.15, -0.1) is 0 Å². The van der Waals surface area contributed by atoms with Crippen LogP contribution in [0.5, 0.6) is 0 Å². The van der Waals surface area contributed by atoms with Crippen molar-refractivity contribution >= 4 is 0 Å². The van der Waals surface area contributed by atoms with E-state index in [2.05, 4.69) is 65.0 Å². The van der Waals surface area contributed by atoms with Gasteiger partial charge in [0.1, 0.15) is 0 Å². The Morgan fingerprint density at radius 1 is 0.826 bits per heavy atom. The van der Waals surface area contributed by atoms with Crippen molar-refractivity contribution in [1.82, 2.24) is 0 Å². The molecule has 0 nitrogen and oxygen atoms in total. The molecular formula is C23H38. The first kappa shape index (κ1) is 18.6. The Balaban J connectivity index is 2.15. The third-order valence-electron chi connectivity index (χ3n) is 6.55. The minimum absolute atomic E-state index is 0.326. The van der Waals surface area contributed by atoms with E-state index in [0.717, 1.165) is 0 Å². The molecule has 0 saturated heterocycles. The second-order valence-electron chi connectivity index (χ2n) is 9.59. The van der Waals surface area contributed by atoms with E-state index in [1.54, 1.807) is 5.56 Å². The quantitative estimate of drug-likeness (QED) is 0.476. The molecule has 1 aromatic carbocycles. The Labute approximate surface area is 145 Å². The van der Waals surface area contributed by atoms with Gasteiger partial charge >= 0.3 is 0 Å². The summed E-state index contributed by atoms with van der Waals surface area (Å²) in [4.78, 5) is 0. The summed E-state index contributed by atoms with van der Waals surface area (Å²) in [6.45, 7) is 12.2. The molecule has 1 aromatic rings. The maximum absolute atomic E-state index is 2.57. The van der Waals surface area contributed by atoms with Crippen LogP contribution in [0.25, 0.3) is 0 Å². The zero-order valence-corrected chi connectivity index (χ0v) is 16.3. The Morgan fingerprint density at radius 3 is 1.96 bits per heavy atom. The summed E-state index contributed by atoms with van der Waals surface area (Å²) in [5, 5.41) is 0. The van der Waals surface area contributed by atoms with E-state index in [1.807, 2.05) is 0 Å². The monoisotopic (exact) mass is 314 g/mol. The van der Waals surface area contributed by atoms with Gasteiger partial charge in [0, 0.05) is 0 Å². The van der Waals surface area contributed by atoms with Crippen LogP contribution in [-0.4, -0.2) is 0 Å². The molecule has 0 heterocycles. The van der Waals surface area contributed by atoms with E-state index in [9.17, 15) is 0 Å². The van der Waals surface area contributed by atoms with Gasteiger partial charge in [0.2, 0.25) is 0 Å². The van der Waals surface area contributed by atoms with Crippen LogP contribution in [-0.2, 0) is 5.41 Å². The molecule has 1 saturated carbocycles. The molecule has 0 amide bonds. The standard InChI is InChI=1S/C23H38/c1-21(2,3)16-12-13-19-23(5,20-14-8-6-9-15-20)22(4)17-10-7-11-18-22/h6,8-9,14-15H,7,10-13,16-19H2,1-5H3/t23-/m1/s1. The van der Waals surface area contributed by atoms with E-state index in [4.69, 9.17) is 0 Å². The third kappa shape index (κ3) is 4.61. The lowest BCUT2D eigenvalue weighted by Gasteiger charge is -2.50. The van der Waals surface area contributed by atoms with Crippen molar-refractivity contribution in [2.24, 2.45) is 10.8 Å². The Bertz CT molecular complexity index is 459. The molecule has 0 aromatic heterocycles. The van der Waals surface area contributed by atoms with Crippen molar-refractivity contribution in [3.63, 3.8) is 0 Å². The van der Waals surface area contributed by atoms with E-state index in [-0.39, 0.29) is 0 Å². The number of unbranched alkanes of at least 4 members (excludes halogenated alkanes) is 1. The summed E-state index contributed by atoms with van der Waals surface area (Å²) >= 11 is 0. The van der Waals surface area contributed by atoms with Crippen LogP contribution in [0.3, 0.4) is 0 Å². The van der Waals surface area contributed by atoms with Gasteiger partial charge in [0.05, 0.1) is 0 Å². The Morgan fingerprint density at radius 2 is 1.39 bits per heavy atom. The fourth-order valence-electron chi connectivity index (χ4n) is 4.62. The molecule has 0 aliphatic heterocycles. The summed E-state index contributed by atoms with van der Waals surface area (Å²) in [5.41, 5.74) is 2.83. The number of rotatable bonds is 6. The van der Waals surface area contributed by atoms with Crippen LogP contribution >= 0.6 is 0 Å². The summed E-state index contributed by atoms with van der Waals surface area (Å²) < 4.78 is 0. The smallest absolute Gasteiger partial charge is 0.00215 e. The van der Waals surface area contributed by atoms with Gasteiger partial charge in [-0.25, -0.2) is 0 Å². The zero-order valence-electron chi connectivity index (χ0n) is 16.3. The summed E-state index contributed by atoms with van der Waals surface area (Å²) in [6.07, 6.45) is 12.5. The van der Waals surface area contributed by atoms with Crippen LogP contribution in [0.15, 0.2) is 30.3 Å². The van der Waals surface area contributed by atoms with E-state index in [1.165, 1.54) is 57.8 Å². The minimum Gasteiger partial charge on any atom is -0.0622 e. The highest BCUT2D eigenvalue weighted by Gasteiger charge is 2.45. The molecular weight excluding hydrogens is 276 g/mol. The first-order chi connectivity index (χ1) is 10.8. The summed E-state index contributed by atoms with van der Waals surface area (Å²) in [6, 6.07) is 11.4. The predicted molar refractivity (Wildman–Crippen MR) is 103 cm³/mol. The third-order valence-corrected chi connectivity index (χ3v) is 6.55. The van der Waals surface area contributed by atoms with Gasteiger partial charge in [-0.05, 0) is 47.5 Å². The normalized spacial score (nSPS) is 20.9. The molecule has 1 aliphatic rings. The van der Waals surface area contributed by atoms with Crippen molar-refractivity contribution in [1.29, 1.82) is 0 Å². The average Bonchev–Trinajstić information content (AvgIpc) is 2.52. The van der Waals surface area contributed by atoms with Crippen LogP contribution in [0, 0.1) is 10.8 Å². The molecule has 0 unspecified atom stereocenters. The molecule has 1 atom stereocenters. The van der Waals surface area contributed by atoms with Gasteiger partial charge in [-0.3, -0.25) is 0 Å². The Hall–Kier alpha value is -0.780. The molecule has 1 fully saturated rings. The average molecular weight is 315 g/mol. The van der Waals surface area contributed by atoms with Gasteiger partial charge in [0.15, 0.2) is 0 Å². The first-order valence-electron chi connectivity index (χ1n) is 9.82. The molecule has 1 aliphatic carbocycles. The predicted octanol–water partition coefficient (Wildman–Crippen LogP) is 7.52. The highest BCUT2D eigenvalue weighted by molar-refractivity contribution is 5.28. The second-order valence-corrected chi connectivity index (χ2v) is 9.59. The topological polar surface area (TPSA) is 0 Å². The second kappa shape index (κ2) is 7.41. The van der Waals surface area contributed by atoms with Crippen molar-refractivity contribution in [2.75, 3.05) is 0 Å². The lowest BCUT2D eigenvalue weighted by molar-refractivity contribution is 0.0834. The molecule has 0 radical (unpaired) electrons. The van der Waals surface area contributed by atoms with Crippen molar-refractivity contribution < 1.29 is 0 Å². The summed E-state index contributed by atoms with van der Waals surface area (Å²) in [5.74, 6) is 0. The molecule has 0 spiro atoms. The summed E-state index contributed by atoms with van der Waals surface area (Å²) in [7, 11) is 0. The van der Waals surface area contributed by atoms with Gasteiger partial charge < -0.3 is 0 Å². The molecule has 130 valence electrons. The zero-order chi connectivity index (χ0) is 17.0. The Kier molecular flexibility index (Phi) is 5.98. The lowest BCUT2D eigenvalue weighted by atomic mass is 9.54. The first-order valence-corrected chi connectivity index (χ1v) is 9.82. The van der Waals surface area contributed by atoms with Crippen molar-refractivity contribution in [3.8, 4) is 0 Å². The van der Waals surface area contributed by atoms with Crippen molar-refractivity contribution in [2.45, 2.75) is 97.8 Å². The van der Waals surface area contributed by atoms with Crippen LogP contribution in [0.2, 0.25) is 0 Å². The van der Waals surface area contributed by atoms with Gasteiger partial charge in [0.25, 0.3) is 0 Å².